The summed E-state index contributed by atoms with van der Waals surface area (Å²) in [5.74, 6) is -2.05. The zero-order chi connectivity index (χ0) is 28.0. The van der Waals surface area contributed by atoms with Gasteiger partial charge in [-0.1, -0.05) is 79.6 Å². The maximum atomic E-state index is 14.4. The molecule has 0 aromatic heterocycles. The summed E-state index contributed by atoms with van der Waals surface area (Å²) in [6.45, 7) is 3.22. The van der Waals surface area contributed by atoms with Crippen LogP contribution in [0.5, 0.6) is 0 Å². The Hall–Kier alpha value is -3.63. The number of nitrogens with zero attached hydrogens (tertiary/aromatic N) is 1. The molecule has 0 unspecified atom stereocenters. The topological polar surface area (TPSA) is 83.9 Å². The lowest BCUT2D eigenvalue weighted by Gasteiger charge is -2.32. The third-order valence-corrected chi connectivity index (χ3v) is 7.57. The van der Waals surface area contributed by atoms with Crippen LogP contribution in [0.4, 0.5) is 13.2 Å². The quantitative estimate of drug-likeness (QED) is 0.251. The van der Waals surface area contributed by atoms with Crippen molar-refractivity contribution >= 4 is 16.0 Å². The Balaban J connectivity index is 2.26. The van der Waals surface area contributed by atoms with Gasteiger partial charge in [0.1, 0.15) is 0 Å². The SMILES string of the molecule is CCCCN(/C(=C\[C@@](O)(c1ccccc1)C(F)(F)F)OC(=O)c1ccccc1)S(=O)(=O)c1ccc(C)cc1. The first-order valence-electron chi connectivity index (χ1n) is 11.8. The average molecular weight is 548 g/mol. The van der Waals surface area contributed by atoms with Crippen LogP contribution < -0.4 is 0 Å². The van der Waals surface area contributed by atoms with Crippen LogP contribution in [-0.2, 0) is 20.4 Å². The van der Waals surface area contributed by atoms with Gasteiger partial charge in [0.15, 0.2) is 0 Å². The van der Waals surface area contributed by atoms with Gasteiger partial charge in [-0.25, -0.2) is 17.5 Å². The van der Waals surface area contributed by atoms with E-state index < -0.39 is 39.2 Å². The summed E-state index contributed by atoms with van der Waals surface area (Å²) < 4.78 is 76.5. The molecule has 0 radical (unpaired) electrons. The molecule has 1 atom stereocenters. The zero-order valence-electron chi connectivity index (χ0n) is 20.9. The molecule has 0 heterocycles. The molecule has 0 bridgehead atoms. The minimum atomic E-state index is -5.29. The van der Waals surface area contributed by atoms with E-state index in [1.807, 2.05) is 0 Å². The van der Waals surface area contributed by atoms with Crippen LogP contribution >= 0.6 is 0 Å². The van der Waals surface area contributed by atoms with E-state index in [1.165, 1.54) is 54.6 Å². The van der Waals surface area contributed by atoms with E-state index in [0.29, 0.717) is 10.7 Å². The second-order valence-corrected chi connectivity index (χ2v) is 10.5. The molecule has 0 fully saturated rings. The second-order valence-electron chi connectivity index (χ2n) is 8.61. The first-order valence-corrected chi connectivity index (χ1v) is 13.3. The number of alkyl halides is 3. The summed E-state index contributed by atoms with van der Waals surface area (Å²) in [5, 5.41) is 11.0. The van der Waals surface area contributed by atoms with Crippen molar-refractivity contribution in [3.63, 3.8) is 0 Å². The molecule has 0 aliphatic carbocycles. The summed E-state index contributed by atoms with van der Waals surface area (Å²) in [5.41, 5.74) is -3.50. The number of halogens is 3. The number of hydrogen-bond donors (Lipinski definition) is 1. The highest BCUT2D eigenvalue weighted by atomic mass is 32.2. The average Bonchev–Trinajstić information content (AvgIpc) is 2.89. The highest BCUT2D eigenvalue weighted by Crippen LogP contribution is 2.42. The maximum Gasteiger partial charge on any atom is 0.425 e. The van der Waals surface area contributed by atoms with Crippen molar-refractivity contribution in [2.75, 3.05) is 6.54 Å². The van der Waals surface area contributed by atoms with Crippen LogP contribution in [0.1, 0.15) is 41.3 Å². The number of benzene rings is 3. The van der Waals surface area contributed by atoms with E-state index >= 15 is 0 Å². The van der Waals surface area contributed by atoms with Crippen molar-refractivity contribution < 1.29 is 36.2 Å². The Morgan fingerprint density at radius 3 is 2.03 bits per heavy atom. The highest BCUT2D eigenvalue weighted by Gasteiger charge is 2.55. The van der Waals surface area contributed by atoms with Crippen molar-refractivity contribution in [3.8, 4) is 0 Å². The fourth-order valence-electron chi connectivity index (χ4n) is 3.57. The van der Waals surface area contributed by atoms with Gasteiger partial charge >= 0.3 is 12.1 Å². The number of aliphatic hydroxyl groups is 1. The van der Waals surface area contributed by atoms with Gasteiger partial charge in [0, 0.05) is 12.6 Å². The number of ether oxygens (including phenoxy) is 1. The van der Waals surface area contributed by atoms with Crippen molar-refractivity contribution in [2.45, 2.75) is 43.4 Å². The number of rotatable bonds is 10. The van der Waals surface area contributed by atoms with Gasteiger partial charge < -0.3 is 9.84 Å². The monoisotopic (exact) mass is 547 g/mol. The Kier molecular flexibility index (Phi) is 9.01. The maximum absolute atomic E-state index is 14.4. The number of sulfonamides is 1. The highest BCUT2D eigenvalue weighted by molar-refractivity contribution is 7.89. The second kappa shape index (κ2) is 11.8. The molecule has 0 saturated carbocycles. The summed E-state index contributed by atoms with van der Waals surface area (Å²) >= 11 is 0. The third kappa shape index (κ3) is 6.43. The lowest BCUT2D eigenvalue weighted by atomic mass is 9.93. The first-order chi connectivity index (χ1) is 17.9. The molecule has 0 aliphatic rings. The minimum absolute atomic E-state index is 0.0168. The van der Waals surface area contributed by atoms with Crippen LogP contribution in [0.3, 0.4) is 0 Å². The predicted octanol–water partition coefficient (Wildman–Crippen LogP) is 5.93. The molecule has 3 rings (SSSR count). The van der Waals surface area contributed by atoms with E-state index in [0.717, 1.165) is 17.7 Å². The number of carbonyl (C=O) groups excluding carboxylic acids is 1. The smallest absolute Gasteiger partial charge is 0.405 e. The van der Waals surface area contributed by atoms with Gasteiger partial charge in [-0.2, -0.15) is 13.2 Å². The summed E-state index contributed by atoms with van der Waals surface area (Å²) in [6, 6.07) is 19.3. The number of esters is 1. The van der Waals surface area contributed by atoms with E-state index in [1.54, 1.807) is 32.0 Å². The zero-order valence-corrected chi connectivity index (χ0v) is 21.7. The lowest BCUT2D eigenvalue weighted by molar-refractivity contribution is -0.246. The Labute approximate surface area is 220 Å². The van der Waals surface area contributed by atoms with Crippen LogP contribution in [-0.4, -0.2) is 36.5 Å². The first kappa shape index (κ1) is 28.9. The normalized spacial score (nSPS) is 14.0. The number of unbranched alkanes of at least 4 members (excludes halogenated alkanes) is 1. The molecule has 1 N–H and O–H groups in total. The fourth-order valence-corrected chi connectivity index (χ4v) is 5.00. The van der Waals surface area contributed by atoms with Gasteiger partial charge in [-0.3, -0.25) is 0 Å². The molecule has 38 heavy (non-hydrogen) atoms. The Morgan fingerprint density at radius 1 is 0.947 bits per heavy atom. The predicted molar refractivity (Wildman–Crippen MR) is 136 cm³/mol. The largest absolute Gasteiger partial charge is 0.425 e. The molecule has 202 valence electrons. The molecule has 0 amide bonds. The van der Waals surface area contributed by atoms with Crippen molar-refractivity contribution in [1.29, 1.82) is 0 Å². The Bertz CT molecular complexity index is 1360. The van der Waals surface area contributed by atoms with Crippen molar-refractivity contribution in [2.24, 2.45) is 0 Å². The van der Waals surface area contributed by atoms with Crippen molar-refractivity contribution in [3.05, 3.63) is 114 Å². The summed E-state index contributed by atoms with van der Waals surface area (Å²) in [6.07, 6.45) is -4.32. The number of aryl methyl sites for hydroxylation is 1. The molecule has 0 spiro atoms. The fraction of sp³-hybridized carbons (Fsp3) is 0.250. The summed E-state index contributed by atoms with van der Waals surface area (Å²) in [7, 11) is -4.51. The van der Waals surface area contributed by atoms with Gasteiger partial charge in [0.05, 0.1) is 10.5 Å². The Morgan fingerprint density at radius 2 is 1.50 bits per heavy atom. The van der Waals surface area contributed by atoms with Crippen LogP contribution in [0.2, 0.25) is 0 Å². The van der Waals surface area contributed by atoms with Gasteiger partial charge in [0.2, 0.25) is 11.5 Å². The van der Waals surface area contributed by atoms with Crippen LogP contribution in [0.15, 0.2) is 102 Å². The molecule has 0 saturated heterocycles. The van der Waals surface area contributed by atoms with Gasteiger partial charge in [-0.15, -0.1) is 0 Å². The summed E-state index contributed by atoms with van der Waals surface area (Å²) in [4.78, 5) is 12.8. The van der Waals surface area contributed by atoms with E-state index in [2.05, 4.69) is 0 Å². The van der Waals surface area contributed by atoms with Gasteiger partial charge in [-0.05, 0) is 43.2 Å². The van der Waals surface area contributed by atoms with Crippen LogP contribution in [0, 0.1) is 6.92 Å². The third-order valence-electron chi connectivity index (χ3n) is 5.75. The minimum Gasteiger partial charge on any atom is -0.405 e. The van der Waals surface area contributed by atoms with Crippen molar-refractivity contribution in [1.82, 2.24) is 4.31 Å². The molecule has 6 nitrogen and oxygen atoms in total. The molecule has 0 aliphatic heterocycles. The lowest BCUT2D eigenvalue weighted by Crippen LogP contribution is -2.43. The van der Waals surface area contributed by atoms with E-state index in [4.69, 9.17) is 4.74 Å². The molecule has 3 aromatic carbocycles. The van der Waals surface area contributed by atoms with E-state index in [9.17, 15) is 31.5 Å². The number of carbonyl (C=O) groups is 1. The molecular weight excluding hydrogens is 519 g/mol. The van der Waals surface area contributed by atoms with Gasteiger partial charge in [0.25, 0.3) is 10.0 Å². The van der Waals surface area contributed by atoms with Crippen LogP contribution in [0.25, 0.3) is 0 Å². The standard InChI is InChI=1S/C28H28F3NO5S/c1-3-4-19-32(38(35,36)24-17-15-21(2)16-18-24)25(37-26(33)22-11-7-5-8-12-22)20-27(34,28(29,30)31)23-13-9-6-10-14-23/h5-18,20,34H,3-4,19H2,1-2H3/b25-20+/t27-/m1/s1. The molecule has 3 aromatic rings. The molecule has 10 heteroatoms. The van der Waals surface area contributed by atoms with E-state index in [-0.39, 0.29) is 29.5 Å². The molecular formula is C28H28F3NO5S. The number of hydrogen-bond acceptors (Lipinski definition) is 5.